The van der Waals surface area contributed by atoms with Gasteiger partial charge in [-0.15, -0.1) is 0 Å². The van der Waals surface area contributed by atoms with Crippen molar-refractivity contribution in [2.75, 3.05) is 5.73 Å². The molecule has 2 aromatic carbocycles. The monoisotopic (exact) mass is 432 g/mol. The predicted octanol–water partition coefficient (Wildman–Crippen LogP) is 3.39. The van der Waals surface area contributed by atoms with E-state index in [9.17, 15) is 29.0 Å². The van der Waals surface area contributed by atoms with Crippen LogP contribution in [0.3, 0.4) is 0 Å². The summed E-state index contributed by atoms with van der Waals surface area (Å²) >= 11 is 5.99. The zero-order valence-electron chi connectivity index (χ0n) is 15.1. The first kappa shape index (κ1) is 20.9. The van der Waals surface area contributed by atoms with E-state index >= 15 is 0 Å². The van der Waals surface area contributed by atoms with Crippen LogP contribution in [0.4, 0.5) is 10.2 Å². The van der Waals surface area contributed by atoms with E-state index in [-0.39, 0.29) is 22.9 Å². The molecule has 0 fully saturated rings. The van der Waals surface area contributed by atoms with Gasteiger partial charge in [-0.2, -0.15) is 0 Å². The number of para-hydroxylation sites is 1. The average Bonchev–Trinajstić information content (AvgIpc) is 2.66. The van der Waals surface area contributed by atoms with Crippen LogP contribution in [0.25, 0.3) is 11.1 Å². The summed E-state index contributed by atoms with van der Waals surface area (Å²) in [6, 6.07) is 9.66. The number of benzene rings is 2. The summed E-state index contributed by atoms with van der Waals surface area (Å²) in [6.07, 6.45) is 0. The molecule has 30 heavy (non-hydrogen) atoms. The lowest BCUT2D eigenvalue weighted by Gasteiger charge is -2.16. The van der Waals surface area contributed by atoms with Gasteiger partial charge in [-0.1, -0.05) is 35.9 Å². The minimum Gasteiger partial charge on any atom is -0.488 e. The van der Waals surface area contributed by atoms with Gasteiger partial charge in [0.2, 0.25) is 0 Å². The number of halogens is 2. The zero-order chi connectivity index (χ0) is 22.0. The van der Waals surface area contributed by atoms with Crippen LogP contribution in [-0.2, 0) is 6.61 Å². The highest BCUT2D eigenvalue weighted by molar-refractivity contribution is 6.31. The quantitative estimate of drug-likeness (QED) is 0.467. The highest BCUT2D eigenvalue weighted by Crippen LogP contribution is 2.36. The van der Waals surface area contributed by atoms with Crippen molar-refractivity contribution in [3.8, 4) is 16.9 Å². The van der Waals surface area contributed by atoms with Gasteiger partial charge >= 0.3 is 11.9 Å². The molecule has 8 nitrogen and oxygen atoms in total. The van der Waals surface area contributed by atoms with Crippen LogP contribution >= 0.6 is 11.6 Å². The van der Waals surface area contributed by atoms with E-state index in [1.807, 2.05) is 4.98 Å². The van der Waals surface area contributed by atoms with Crippen molar-refractivity contribution in [3.05, 3.63) is 80.3 Å². The number of anilines is 1. The number of carbonyl (C=O) groups is 2. The SMILES string of the molecule is Nc1[nH]c(=O)c(C(=O)O)c(-c2ccccc2OCc2ccc(F)cc2Cl)c1C(=O)O. The number of nitrogens with one attached hydrogen (secondary N) is 1. The molecule has 0 spiro atoms. The minimum atomic E-state index is -1.63. The fourth-order valence-corrected chi connectivity index (χ4v) is 3.13. The van der Waals surface area contributed by atoms with E-state index < -0.39 is 45.8 Å². The third kappa shape index (κ3) is 3.96. The molecule has 0 amide bonds. The summed E-state index contributed by atoms with van der Waals surface area (Å²) in [5.41, 5.74) is 3.30. The second kappa shape index (κ2) is 8.26. The van der Waals surface area contributed by atoms with Gasteiger partial charge in [-0.05, 0) is 18.2 Å². The Morgan fingerprint density at radius 1 is 1.10 bits per heavy atom. The van der Waals surface area contributed by atoms with Gasteiger partial charge in [-0.3, -0.25) is 4.79 Å². The number of aromatic carboxylic acids is 2. The van der Waals surface area contributed by atoms with Gasteiger partial charge in [0.15, 0.2) is 0 Å². The van der Waals surface area contributed by atoms with E-state index in [1.54, 1.807) is 6.07 Å². The fourth-order valence-electron chi connectivity index (χ4n) is 2.91. The van der Waals surface area contributed by atoms with E-state index in [2.05, 4.69) is 0 Å². The Hall–Kier alpha value is -3.85. The number of pyridine rings is 1. The number of carboxylic acid groups (broad SMARTS) is 2. The van der Waals surface area contributed by atoms with Crippen LogP contribution in [-0.4, -0.2) is 27.1 Å². The standard InChI is InChI=1S/C20H14ClFN2O6/c21-12-7-10(22)6-5-9(12)8-30-13-4-2-1-3-11(13)14-15(19(26)27)17(23)24-18(25)16(14)20(28)29/h1-7H,8H2,(H,26,27)(H,28,29)(H3,23,24,25). The lowest BCUT2D eigenvalue weighted by Crippen LogP contribution is -2.24. The van der Waals surface area contributed by atoms with Crippen molar-refractivity contribution < 1.29 is 28.9 Å². The first-order chi connectivity index (χ1) is 14.2. The highest BCUT2D eigenvalue weighted by atomic mass is 35.5. The number of nitrogen functional groups attached to an aromatic ring is 1. The lowest BCUT2D eigenvalue weighted by atomic mass is 9.94. The van der Waals surface area contributed by atoms with E-state index in [1.165, 1.54) is 30.3 Å². The van der Waals surface area contributed by atoms with E-state index in [0.29, 0.717) is 5.56 Å². The topological polar surface area (TPSA) is 143 Å². The third-order valence-electron chi connectivity index (χ3n) is 4.23. The molecule has 10 heteroatoms. The molecule has 0 aliphatic carbocycles. The molecule has 3 rings (SSSR count). The molecule has 3 aromatic rings. The molecule has 0 atom stereocenters. The van der Waals surface area contributed by atoms with Crippen LogP contribution in [0.5, 0.6) is 5.75 Å². The Morgan fingerprint density at radius 2 is 1.77 bits per heavy atom. The number of hydrogen-bond acceptors (Lipinski definition) is 5. The molecule has 0 aliphatic rings. The Kier molecular flexibility index (Phi) is 5.74. The van der Waals surface area contributed by atoms with Crippen molar-refractivity contribution in [1.82, 2.24) is 4.98 Å². The Balaban J connectivity index is 2.17. The molecular weight excluding hydrogens is 419 g/mol. The van der Waals surface area contributed by atoms with Crippen molar-refractivity contribution in [3.63, 3.8) is 0 Å². The van der Waals surface area contributed by atoms with E-state index in [4.69, 9.17) is 22.1 Å². The van der Waals surface area contributed by atoms with Crippen LogP contribution in [0.1, 0.15) is 26.3 Å². The van der Waals surface area contributed by atoms with Gasteiger partial charge in [0, 0.05) is 16.7 Å². The van der Waals surface area contributed by atoms with Crippen molar-refractivity contribution in [2.45, 2.75) is 6.61 Å². The molecule has 0 aliphatic heterocycles. The van der Waals surface area contributed by atoms with Gasteiger partial charge in [-0.25, -0.2) is 14.0 Å². The summed E-state index contributed by atoms with van der Waals surface area (Å²) in [6.45, 7) is -0.125. The highest BCUT2D eigenvalue weighted by Gasteiger charge is 2.28. The third-order valence-corrected chi connectivity index (χ3v) is 4.58. The number of hydrogen-bond donors (Lipinski definition) is 4. The molecule has 1 heterocycles. The second-order valence-corrected chi connectivity index (χ2v) is 6.53. The zero-order valence-corrected chi connectivity index (χ0v) is 15.9. The van der Waals surface area contributed by atoms with Crippen LogP contribution in [0.15, 0.2) is 47.3 Å². The minimum absolute atomic E-state index is 0.0309. The van der Waals surface area contributed by atoms with Crippen molar-refractivity contribution in [2.24, 2.45) is 0 Å². The molecule has 1 aromatic heterocycles. The Morgan fingerprint density at radius 3 is 2.40 bits per heavy atom. The summed E-state index contributed by atoms with van der Waals surface area (Å²) in [5, 5.41) is 19.2. The number of aromatic nitrogens is 1. The maximum absolute atomic E-state index is 13.2. The summed E-state index contributed by atoms with van der Waals surface area (Å²) < 4.78 is 18.9. The normalized spacial score (nSPS) is 10.6. The Bertz CT molecular complexity index is 1220. The van der Waals surface area contributed by atoms with Crippen molar-refractivity contribution in [1.29, 1.82) is 0 Å². The molecule has 0 radical (unpaired) electrons. The smallest absolute Gasteiger partial charge is 0.342 e. The number of rotatable bonds is 6. The number of carboxylic acids is 2. The van der Waals surface area contributed by atoms with Gasteiger partial charge < -0.3 is 25.7 Å². The van der Waals surface area contributed by atoms with Crippen LogP contribution in [0.2, 0.25) is 5.02 Å². The summed E-state index contributed by atoms with van der Waals surface area (Å²) in [5.74, 6) is -4.11. The summed E-state index contributed by atoms with van der Waals surface area (Å²) in [7, 11) is 0. The van der Waals surface area contributed by atoms with Crippen LogP contribution in [0, 0.1) is 5.82 Å². The number of nitrogens with two attached hydrogens (primary N) is 1. The Labute approximate surface area is 173 Å². The number of ether oxygens (including phenoxy) is 1. The predicted molar refractivity (Wildman–Crippen MR) is 107 cm³/mol. The molecular formula is C20H14ClFN2O6. The summed E-state index contributed by atoms with van der Waals surface area (Å²) in [4.78, 5) is 37.8. The lowest BCUT2D eigenvalue weighted by molar-refractivity contribution is 0.0695. The molecule has 0 bridgehead atoms. The molecule has 0 saturated carbocycles. The molecule has 0 saturated heterocycles. The number of aromatic amines is 1. The van der Waals surface area contributed by atoms with E-state index in [0.717, 1.165) is 6.07 Å². The van der Waals surface area contributed by atoms with Gasteiger partial charge in [0.1, 0.15) is 35.1 Å². The van der Waals surface area contributed by atoms with Crippen molar-refractivity contribution >= 4 is 29.4 Å². The van der Waals surface area contributed by atoms with Gasteiger partial charge in [0.25, 0.3) is 5.56 Å². The first-order valence-electron chi connectivity index (χ1n) is 8.39. The molecule has 0 unspecified atom stereocenters. The largest absolute Gasteiger partial charge is 0.488 e. The fraction of sp³-hybridized carbons (Fsp3) is 0.0500. The maximum Gasteiger partial charge on any atom is 0.342 e. The van der Waals surface area contributed by atoms with Crippen LogP contribution < -0.4 is 16.0 Å². The average molecular weight is 433 g/mol. The second-order valence-electron chi connectivity index (χ2n) is 6.12. The maximum atomic E-state index is 13.2. The van der Waals surface area contributed by atoms with Gasteiger partial charge in [0.05, 0.1) is 5.02 Å². The number of H-pyrrole nitrogens is 1. The molecule has 5 N–H and O–H groups in total. The first-order valence-corrected chi connectivity index (χ1v) is 8.77. The molecule has 154 valence electrons.